The summed E-state index contributed by atoms with van der Waals surface area (Å²) in [6, 6.07) is 23.2. The standard InChI is InChI=1S/C33H37N5O4/c1-4-41-27-14-5-6-15-28(27)42-25-12-9-19-38(22-25)32-34-18-17-30(37-32)36-29-16-8-13-26(35-29)24-11-7-10-23(20-24)21-33(2,3)31(39)40/h5-8,10-11,13-18,20,25H,4,9,12,19,21-22H2,1-3H3,(H,39,40)(H,34,35,36,37)/t25-/m1/s1. The molecule has 2 aromatic carbocycles. The van der Waals surface area contributed by atoms with Gasteiger partial charge in [0.2, 0.25) is 5.95 Å². The van der Waals surface area contributed by atoms with Crippen molar-refractivity contribution in [3.63, 3.8) is 0 Å². The number of nitrogens with one attached hydrogen (secondary N) is 1. The fourth-order valence-electron chi connectivity index (χ4n) is 5.01. The van der Waals surface area contributed by atoms with Gasteiger partial charge in [-0.05, 0) is 82.0 Å². The SMILES string of the molecule is CCOc1ccccc1O[C@@H]1CCCN(c2nccc(Nc3cccc(-c4cccc(CC(C)(C)C(=O)O)c4)n3)n2)C1. The smallest absolute Gasteiger partial charge is 0.309 e. The second-order valence-corrected chi connectivity index (χ2v) is 11.0. The average Bonchev–Trinajstić information content (AvgIpc) is 2.99. The lowest BCUT2D eigenvalue weighted by Gasteiger charge is -2.33. The van der Waals surface area contributed by atoms with Crippen molar-refractivity contribution in [1.82, 2.24) is 15.0 Å². The minimum atomic E-state index is -0.853. The van der Waals surface area contributed by atoms with E-state index in [1.54, 1.807) is 20.0 Å². The zero-order chi connectivity index (χ0) is 29.5. The van der Waals surface area contributed by atoms with Gasteiger partial charge in [0.05, 0.1) is 24.3 Å². The number of benzene rings is 2. The number of carboxylic acids is 1. The van der Waals surface area contributed by atoms with Crippen LogP contribution in [0.1, 0.15) is 39.2 Å². The van der Waals surface area contributed by atoms with Crippen molar-refractivity contribution < 1.29 is 19.4 Å². The number of hydrogen-bond acceptors (Lipinski definition) is 8. The molecule has 2 N–H and O–H groups in total. The third-order valence-electron chi connectivity index (χ3n) is 7.20. The molecule has 4 aromatic rings. The number of nitrogens with zero attached hydrogens (tertiary/aromatic N) is 4. The van der Waals surface area contributed by atoms with Gasteiger partial charge in [0.25, 0.3) is 0 Å². The zero-order valence-corrected chi connectivity index (χ0v) is 24.3. The molecule has 5 rings (SSSR count). The number of hydrogen-bond donors (Lipinski definition) is 2. The van der Waals surface area contributed by atoms with E-state index in [9.17, 15) is 9.90 Å². The fraction of sp³-hybridized carbons (Fsp3) is 0.333. The Morgan fingerprint density at radius 1 is 1.02 bits per heavy atom. The van der Waals surface area contributed by atoms with Crippen LogP contribution in [0.4, 0.5) is 17.6 Å². The highest BCUT2D eigenvalue weighted by Gasteiger charge is 2.27. The molecule has 1 atom stereocenters. The van der Waals surface area contributed by atoms with Gasteiger partial charge < -0.3 is 24.8 Å². The van der Waals surface area contributed by atoms with Gasteiger partial charge in [0, 0.05) is 18.3 Å². The van der Waals surface area contributed by atoms with Crippen LogP contribution in [-0.4, -0.2) is 51.8 Å². The summed E-state index contributed by atoms with van der Waals surface area (Å²) in [6.07, 6.45) is 4.09. The van der Waals surface area contributed by atoms with Crippen LogP contribution in [-0.2, 0) is 11.2 Å². The summed E-state index contributed by atoms with van der Waals surface area (Å²) in [7, 11) is 0. The molecule has 218 valence electrons. The van der Waals surface area contributed by atoms with Crippen molar-refractivity contribution in [3.05, 3.63) is 84.6 Å². The maximum Gasteiger partial charge on any atom is 0.309 e. The summed E-state index contributed by atoms with van der Waals surface area (Å²) in [5.74, 6) is 2.62. The molecule has 0 spiro atoms. The summed E-state index contributed by atoms with van der Waals surface area (Å²) in [6.45, 7) is 7.54. The molecule has 3 heterocycles. The molecule has 1 fully saturated rings. The van der Waals surface area contributed by atoms with E-state index in [1.807, 2.05) is 79.7 Å². The van der Waals surface area contributed by atoms with E-state index < -0.39 is 11.4 Å². The van der Waals surface area contributed by atoms with Gasteiger partial charge in [-0.2, -0.15) is 4.98 Å². The third-order valence-corrected chi connectivity index (χ3v) is 7.20. The number of rotatable bonds is 11. The van der Waals surface area contributed by atoms with E-state index in [2.05, 4.69) is 15.2 Å². The van der Waals surface area contributed by atoms with E-state index in [0.29, 0.717) is 37.2 Å². The van der Waals surface area contributed by atoms with Gasteiger partial charge in [0.15, 0.2) is 11.5 Å². The summed E-state index contributed by atoms with van der Waals surface area (Å²) in [5, 5.41) is 12.8. The first-order valence-corrected chi connectivity index (χ1v) is 14.3. The van der Waals surface area contributed by atoms with Gasteiger partial charge in [0.1, 0.15) is 17.7 Å². The highest BCUT2D eigenvalue weighted by Crippen LogP contribution is 2.30. The second-order valence-electron chi connectivity index (χ2n) is 11.0. The molecule has 0 radical (unpaired) electrons. The number of carbonyl (C=O) groups is 1. The zero-order valence-electron chi connectivity index (χ0n) is 24.3. The Labute approximate surface area is 246 Å². The summed E-state index contributed by atoms with van der Waals surface area (Å²) >= 11 is 0. The Balaban J connectivity index is 1.27. The number of piperidine rings is 1. The maximum atomic E-state index is 11.6. The van der Waals surface area contributed by atoms with E-state index in [0.717, 1.165) is 47.7 Å². The quantitative estimate of drug-likeness (QED) is 0.213. The molecule has 2 aromatic heterocycles. The maximum absolute atomic E-state index is 11.6. The number of aromatic nitrogens is 3. The molecule has 0 aliphatic carbocycles. The van der Waals surface area contributed by atoms with Crippen LogP contribution in [0, 0.1) is 5.41 Å². The van der Waals surface area contributed by atoms with Gasteiger partial charge in [-0.15, -0.1) is 0 Å². The number of pyridine rings is 1. The molecule has 1 aliphatic heterocycles. The molecule has 1 aliphatic rings. The lowest BCUT2D eigenvalue weighted by atomic mass is 9.85. The minimum Gasteiger partial charge on any atom is -0.490 e. The number of aliphatic carboxylic acids is 1. The largest absolute Gasteiger partial charge is 0.490 e. The Hall–Kier alpha value is -4.66. The molecular formula is C33H37N5O4. The highest BCUT2D eigenvalue weighted by molar-refractivity contribution is 5.74. The third kappa shape index (κ3) is 7.15. The van der Waals surface area contributed by atoms with E-state index >= 15 is 0 Å². The van der Waals surface area contributed by atoms with Crippen molar-refractivity contribution in [3.8, 4) is 22.8 Å². The summed E-state index contributed by atoms with van der Waals surface area (Å²) in [4.78, 5) is 27.9. The highest BCUT2D eigenvalue weighted by atomic mass is 16.5. The van der Waals surface area contributed by atoms with Crippen LogP contribution in [0.5, 0.6) is 11.5 Å². The van der Waals surface area contributed by atoms with Crippen molar-refractivity contribution >= 4 is 23.6 Å². The molecule has 0 bridgehead atoms. The first kappa shape index (κ1) is 28.9. The number of para-hydroxylation sites is 2. The van der Waals surface area contributed by atoms with Crippen LogP contribution < -0.4 is 19.7 Å². The first-order chi connectivity index (χ1) is 20.3. The predicted molar refractivity (Wildman–Crippen MR) is 164 cm³/mol. The number of anilines is 3. The summed E-state index contributed by atoms with van der Waals surface area (Å²) < 4.78 is 12.1. The van der Waals surface area contributed by atoms with Crippen LogP contribution in [0.2, 0.25) is 0 Å². The van der Waals surface area contributed by atoms with Crippen LogP contribution in [0.3, 0.4) is 0 Å². The Bertz CT molecular complexity index is 1530. The topological polar surface area (TPSA) is 110 Å². The number of ether oxygens (including phenoxy) is 2. The van der Waals surface area contributed by atoms with Gasteiger partial charge in [-0.1, -0.05) is 36.4 Å². The van der Waals surface area contributed by atoms with E-state index in [4.69, 9.17) is 19.4 Å². The molecule has 1 saturated heterocycles. The Morgan fingerprint density at radius 3 is 2.62 bits per heavy atom. The normalized spacial score (nSPS) is 15.2. The average molecular weight is 568 g/mol. The van der Waals surface area contributed by atoms with Gasteiger partial charge >= 0.3 is 5.97 Å². The van der Waals surface area contributed by atoms with Crippen molar-refractivity contribution in [2.24, 2.45) is 5.41 Å². The van der Waals surface area contributed by atoms with Crippen LogP contribution in [0.25, 0.3) is 11.3 Å². The van der Waals surface area contributed by atoms with E-state index in [1.165, 1.54) is 0 Å². The molecule has 9 nitrogen and oxygen atoms in total. The fourth-order valence-corrected chi connectivity index (χ4v) is 5.01. The Kier molecular flexibility index (Phi) is 8.85. The molecular weight excluding hydrogens is 530 g/mol. The monoisotopic (exact) mass is 567 g/mol. The van der Waals surface area contributed by atoms with Gasteiger partial charge in [-0.25, -0.2) is 9.97 Å². The van der Waals surface area contributed by atoms with Gasteiger partial charge in [-0.3, -0.25) is 4.79 Å². The lowest BCUT2D eigenvalue weighted by Crippen LogP contribution is -2.42. The Morgan fingerprint density at radius 2 is 1.81 bits per heavy atom. The van der Waals surface area contributed by atoms with Crippen LogP contribution >= 0.6 is 0 Å². The molecule has 0 unspecified atom stereocenters. The minimum absolute atomic E-state index is 0.00393. The van der Waals surface area contributed by atoms with Crippen LogP contribution in [0.15, 0.2) is 79.0 Å². The van der Waals surface area contributed by atoms with Crippen molar-refractivity contribution in [2.75, 3.05) is 29.9 Å². The number of carboxylic acid groups (broad SMARTS) is 1. The van der Waals surface area contributed by atoms with E-state index in [-0.39, 0.29) is 6.10 Å². The predicted octanol–water partition coefficient (Wildman–Crippen LogP) is 6.38. The molecule has 0 amide bonds. The molecule has 0 saturated carbocycles. The summed E-state index contributed by atoms with van der Waals surface area (Å²) in [5.41, 5.74) is 1.80. The van der Waals surface area contributed by atoms with Crippen molar-refractivity contribution in [2.45, 2.75) is 46.1 Å². The lowest BCUT2D eigenvalue weighted by molar-refractivity contribution is -0.146. The molecule has 9 heteroatoms. The van der Waals surface area contributed by atoms with Crippen molar-refractivity contribution in [1.29, 1.82) is 0 Å². The first-order valence-electron chi connectivity index (χ1n) is 14.3. The second kappa shape index (κ2) is 12.9. The molecule has 42 heavy (non-hydrogen) atoms.